The number of likely N-dealkylation sites (N-methyl/N-ethyl adjacent to an activating group) is 1. The van der Waals surface area contributed by atoms with Gasteiger partial charge in [0.15, 0.2) is 0 Å². The molecule has 1 saturated heterocycles. The molecule has 1 fully saturated rings. The number of carbonyl (C=O) groups is 1. The molecule has 0 unspecified atom stereocenters. The summed E-state index contributed by atoms with van der Waals surface area (Å²) in [6.45, 7) is 8.57. The summed E-state index contributed by atoms with van der Waals surface area (Å²) in [5.74, 6) is 0. The molecule has 0 atom stereocenters. The van der Waals surface area contributed by atoms with Gasteiger partial charge in [-0.15, -0.1) is 0 Å². The van der Waals surface area contributed by atoms with Gasteiger partial charge in [-0.05, 0) is 38.3 Å². The predicted octanol–water partition coefficient (Wildman–Crippen LogP) is 2.63. The Hall–Kier alpha value is -1.71. The lowest BCUT2D eigenvalue weighted by Gasteiger charge is -2.25. The second kappa shape index (κ2) is 7.17. The molecule has 110 valence electrons. The Labute approximate surface area is 121 Å². The third kappa shape index (κ3) is 3.65. The number of carbonyl (C=O) groups excluding carboxylic acids is 1. The molecule has 0 spiro atoms. The zero-order chi connectivity index (χ0) is 14.4. The largest absolute Gasteiger partial charge is 0.370 e. The maximum Gasteiger partial charge on any atom is 0.317 e. The van der Waals surface area contributed by atoms with E-state index in [1.807, 2.05) is 4.90 Å². The SMILES string of the molecule is CCN(CCNC(=O)N1CCCC1)c1ccccc1C. The van der Waals surface area contributed by atoms with Gasteiger partial charge in [-0.25, -0.2) is 4.79 Å². The standard InChI is InChI=1S/C16H25N3O/c1-3-18(15-9-5-4-8-14(15)2)13-10-17-16(20)19-11-6-7-12-19/h4-5,8-9H,3,6-7,10-13H2,1-2H3,(H,17,20). The predicted molar refractivity (Wildman–Crippen MR) is 83.3 cm³/mol. The zero-order valence-corrected chi connectivity index (χ0v) is 12.6. The van der Waals surface area contributed by atoms with Gasteiger partial charge in [0.1, 0.15) is 0 Å². The van der Waals surface area contributed by atoms with Gasteiger partial charge in [-0.3, -0.25) is 0 Å². The lowest BCUT2D eigenvalue weighted by atomic mass is 10.2. The number of anilines is 1. The first-order chi connectivity index (χ1) is 9.72. The van der Waals surface area contributed by atoms with Crippen LogP contribution in [0.15, 0.2) is 24.3 Å². The van der Waals surface area contributed by atoms with E-state index in [1.54, 1.807) is 0 Å². The summed E-state index contributed by atoms with van der Waals surface area (Å²) in [7, 11) is 0. The highest BCUT2D eigenvalue weighted by Crippen LogP contribution is 2.18. The summed E-state index contributed by atoms with van der Waals surface area (Å²) in [6.07, 6.45) is 2.27. The number of para-hydroxylation sites is 1. The van der Waals surface area contributed by atoms with Gasteiger partial charge in [0.25, 0.3) is 0 Å². The molecule has 0 radical (unpaired) electrons. The average Bonchev–Trinajstić information content (AvgIpc) is 2.99. The van der Waals surface area contributed by atoms with E-state index in [4.69, 9.17) is 0 Å². The third-order valence-electron chi connectivity index (χ3n) is 3.89. The van der Waals surface area contributed by atoms with Crippen molar-refractivity contribution in [3.8, 4) is 0 Å². The van der Waals surface area contributed by atoms with E-state index in [0.29, 0.717) is 6.54 Å². The third-order valence-corrected chi connectivity index (χ3v) is 3.89. The van der Waals surface area contributed by atoms with E-state index in [-0.39, 0.29) is 6.03 Å². The van der Waals surface area contributed by atoms with Crippen molar-refractivity contribution in [2.24, 2.45) is 0 Å². The lowest BCUT2D eigenvalue weighted by molar-refractivity contribution is 0.209. The monoisotopic (exact) mass is 275 g/mol. The number of urea groups is 1. The van der Waals surface area contributed by atoms with Gasteiger partial charge in [0.05, 0.1) is 0 Å². The van der Waals surface area contributed by atoms with Crippen LogP contribution in [0.25, 0.3) is 0 Å². The van der Waals surface area contributed by atoms with Crippen LogP contribution in [-0.4, -0.2) is 43.7 Å². The Balaban J connectivity index is 1.82. The van der Waals surface area contributed by atoms with Crippen LogP contribution in [0.2, 0.25) is 0 Å². The maximum atomic E-state index is 11.9. The molecule has 2 rings (SSSR count). The van der Waals surface area contributed by atoms with E-state index in [1.165, 1.54) is 11.3 Å². The van der Waals surface area contributed by atoms with Crippen LogP contribution in [0.4, 0.5) is 10.5 Å². The normalized spacial score (nSPS) is 14.4. The molecule has 0 aromatic heterocycles. The zero-order valence-electron chi connectivity index (χ0n) is 12.6. The van der Waals surface area contributed by atoms with E-state index >= 15 is 0 Å². The van der Waals surface area contributed by atoms with Crippen LogP contribution in [0.5, 0.6) is 0 Å². The first kappa shape index (κ1) is 14.7. The molecule has 0 aliphatic carbocycles. The van der Waals surface area contributed by atoms with Crippen LogP contribution in [0.3, 0.4) is 0 Å². The quantitative estimate of drug-likeness (QED) is 0.896. The molecule has 0 saturated carbocycles. The fourth-order valence-corrected chi connectivity index (χ4v) is 2.70. The number of nitrogens with one attached hydrogen (secondary N) is 1. The van der Waals surface area contributed by atoms with Crippen molar-refractivity contribution in [3.63, 3.8) is 0 Å². The summed E-state index contributed by atoms with van der Waals surface area (Å²) >= 11 is 0. The van der Waals surface area contributed by atoms with Crippen LogP contribution < -0.4 is 10.2 Å². The van der Waals surface area contributed by atoms with Gasteiger partial charge in [-0.1, -0.05) is 18.2 Å². The molecule has 1 N–H and O–H groups in total. The number of rotatable bonds is 5. The summed E-state index contributed by atoms with van der Waals surface area (Å²) in [5, 5.41) is 3.02. The van der Waals surface area contributed by atoms with E-state index in [9.17, 15) is 4.79 Å². The molecule has 4 heteroatoms. The van der Waals surface area contributed by atoms with E-state index < -0.39 is 0 Å². The molecule has 1 aromatic carbocycles. The van der Waals surface area contributed by atoms with E-state index in [2.05, 4.69) is 48.3 Å². The minimum Gasteiger partial charge on any atom is -0.370 e. The smallest absolute Gasteiger partial charge is 0.317 e. The lowest BCUT2D eigenvalue weighted by Crippen LogP contribution is -2.42. The summed E-state index contributed by atoms with van der Waals surface area (Å²) in [4.78, 5) is 16.1. The minimum absolute atomic E-state index is 0.0864. The van der Waals surface area contributed by atoms with Crippen molar-refractivity contribution in [2.75, 3.05) is 37.6 Å². The Morgan fingerprint density at radius 1 is 1.30 bits per heavy atom. The number of amides is 2. The first-order valence-corrected chi connectivity index (χ1v) is 7.55. The van der Waals surface area contributed by atoms with Gasteiger partial charge >= 0.3 is 6.03 Å². The van der Waals surface area contributed by atoms with Crippen molar-refractivity contribution >= 4 is 11.7 Å². The van der Waals surface area contributed by atoms with Crippen LogP contribution in [0.1, 0.15) is 25.3 Å². The average molecular weight is 275 g/mol. The molecule has 1 aromatic rings. The molecule has 2 amide bonds. The Bertz CT molecular complexity index is 441. The summed E-state index contributed by atoms with van der Waals surface area (Å²) in [5.41, 5.74) is 2.53. The van der Waals surface area contributed by atoms with Crippen molar-refractivity contribution in [1.82, 2.24) is 10.2 Å². The first-order valence-electron chi connectivity index (χ1n) is 7.55. The second-order valence-corrected chi connectivity index (χ2v) is 5.29. The highest BCUT2D eigenvalue weighted by atomic mass is 16.2. The molecule has 1 heterocycles. The van der Waals surface area contributed by atoms with Crippen molar-refractivity contribution < 1.29 is 4.79 Å². The highest BCUT2D eigenvalue weighted by Gasteiger charge is 2.17. The molecule has 1 aliphatic heterocycles. The number of benzene rings is 1. The molecular formula is C16H25N3O. The Morgan fingerprint density at radius 2 is 2.00 bits per heavy atom. The highest BCUT2D eigenvalue weighted by molar-refractivity contribution is 5.74. The Morgan fingerprint density at radius 3 is 2.65 bits per heavy atom. The van der Waals surface area contributed by atoms with Crippen LogP contribution in [0, 0.1) is 6.92 Å². The van der Waals surface area contributed by atoms with Gasteiger partial charge in [0, 0.05) is 38.4 Å². The minimum atomic E-state index is 0.0864. The topological polar surface area (TPSA) is 35.6 Å². The van der Waals surface area contributed by atoms with E-state index in [0.717, 1.165) is 39.0 Å². The van der Waals surface area contributed by atoms with Gasteiger partial charge in [-0.2, -0.15) is 0 Å². The number of likely N-dealkylation sites (tertiary alicyclic amines) is 1. The fourth-order valence-electron chi connectivity index (χ4n) is 2.70. The van der Waals surface area contributed by atoms with Gasteiger partial charge in [0.2, 0.25) is 0 Å². The van der Waals surface area contributed by atoms with Crippen LogP contribution in [-0.2, 0) is 0 Å². The molecule has 1 aliphatic rings. The molecule has 20 heavy (non-hydrogen) atoms. The number of nitrogens with zero attached hydrogens (tertiary/aromatic N) is 2. The van der Waals surface area contributed by atoms with Crippen molar-refractivity contribution in [2.45, 2.75) is 26.7 Å². The Kier molecular flexibility index (Phi) is 5.27. The number of hydrogen-bond acceptors (Lipinski definition) is 2. The molecule has 4 nitrogen and oxygen atoms in total. The summed E-state index contributed by atoms with van der Waals surface area (Å²) < 4.78 is 0. The summed E-state index contributed by atoms with van der Waals surface area (Å²) in [6, 6.07) is 8.47. The second-order valence-electron chi connectivity index (χ2n) is 5.29. The van der Waals surface area contributed by atoms with Crippen LogP contribution >= 0.6 is 0 Å². The van der Waals surface area contributed by atoms with Crippen molar-refractivity contribution in [3.05, 3.63) is 29.8 Å². The number of hydrogen-bond donors (Lipinski definition) is 1. The fraction of sp³-hybridized carbons (Fsp3) is 0.562. The maximum absolute atomic E-state index is 11.9. The van der Waals surface area contributed by atoms with Crippen molar-refractivity contribution in [1.29, 1.82) is 0 Å². The van der Waals surface area contributed by atoms with Gasteiger partial charge < -0.3 is 15.1 Å². The molecular weight excluding hydrogens is 250 g/mol. The number of aryl methyl sites for hydroxylation is 1. The molecule has 0 bridgehead atoms.